The molecule has 1 rings (SSSR count). The molecule has 132 valence electrons. The molecule has 0 N–H and O–H groups in total. The van der Waals surface area contributed by atoms with Crippen LogP contribution in [0, 0.1) is 0 Å². The normalized spacial score (nSPS) is 14.0. The Balaban J connectivity index is 2.55. The zero-order valence-corrected chi connectivity index (χ0v) is 18.7. The molecule has 1 unspecified atom stereocenters. The fourth-order valence-electron chi connectivity index (χ4n) is 3.85. The molecule has 0 saturated carbocycles. The summed E-state index contributed by atoms with van der Waals surface area (Å²) in [4.78, 5) is 0. The van der Waals surface area contributed by atoms with Crippen LogP contribution in [-0.4, -0.2) is 14.9 Å². The van der Waals surface area contributed by atoms with E-state index in [9.17, 15) is 0 Å². The van der Waals surface area contributed by atoms with Gasteiger partial charge in [-0.05, 0) is 47.2 Å². The summed E-state index contributed by atoms with van der Waals surface area (Å²) in [5, 5.41) is 0.0694. The molecule has 0 radical (unpaired) electrons. The number of hydrogen-bond donors (Lipinski definition) is 0. The molecule has 0 aliphatic carbocycles. The van der Waals surface area contributed by atoms with E-state index in [2.05, 4.69) is 81.7 Å². The standard InChI is InChI=1S/C19H32BrClOSi/c1-14(2)23(15(3)4,16(5)6)22-13-7-8-19(21)17-9-11-18(20)12-10-17/h9-12,14-16,19H,7-8,13H2,1-6H3. The van der Waals surface area contributed by atoms with E-state index in [0.717, 1.165) is 23.9 Å². The fraction of sp³-hybridized carbons (Fsp3) is 0.684. The third kappa shape index (κ3) is 5.59. The summed E-state index contributed by atoms with van der Waals surface area (Å²) in [5.41, 5.74) is 3.11. The minimum absolute atomic E-state index is 0.0694. The van der Waals surface area contributed by atoms with Crippen LogP contribution in [0.25, 0.3) is 0 Å². The van der Waals surface area contributed by atoms with Gasteiger partial charge in [0.25, 0.3) is 0 Å². The van der Waals surface area contributed by atoms with Gasteiger partial charge in [0.05, 0.1) is 5.38 Å². The lowest BCUT2D eigenvalue weighted by Crippen LogP contribution is -2.47. The van der Waals surface area contributed by atoms with Crippen LogP contribution in [0.2, 0.25) is 16.6 Å². The van der Waals surface area contributed by atoms with Crippen molar-refractivity contribution < 1.29 is 4.43 Å². The molecular formula is C19H32BrClOSi. The molecule has 1 aromatic rings. The van der Waals surface area contributed by atoms with Crippen LogP contribution in [-0.2, 0) is 4.43 Å². The van der Waals surface area contributed by atoms with Crippen molar-refractivity contribution in [3.63, 3.8) is 0 Å². The summed E-state index contributed by atoms with van der Waals surface area (Å²) in [6.07, 6.45) is 1.98. The van der Waals surface area contributed by atoms with E-state index in [4.69, 9.17) is 16.0 Å². The molecule has 0 saturated heterocycles. The van der Waals surface area contributed by atoms with Gasteiger partial charge in [0.2, 0.25) is 0 Å². The van der Waals surface area contributed by atoms with Gasteiger partial charge in [-0.1, -0.05) is 69.6 Å². The Labute approximate surface area is 157 Å². The van der Waals surface area contributed by atoms with Crippen LogP contribution in [0.15, 0.2) is 28.7 Å². The minimum Gasteiger partial charge on any atom is -0.416 e. The molecule has 4 heteroatoms. The minimum atomic E-state index is -1.74. The maximum Gasteiger partial charge on any atom is 0.200 e. The largest absolute Gasteiger partial charge is 0.416 e. The van der Waals surface area contributed by atoms with Crippen molar-refractivity contribution in [1.29, 1.82) is 0 Å². The van der Waals surface area contributed by atoms with Crippen LogP contribution in [0.5, 0.6) is 0 Å². The maximum atomic E-state index is 6.59. The topological polar surface area (TPSA) is 9.23 Å². The van der Waals surface area contributed by atoms with Crippen LogP contribution in [0.4, 0.5) is 0 Å². The predicted octanol–water partition coefficient (Wildman–Crippen LogP) is 7.70. The van der Waals surface area contributed by atoms with E-state index in [0.29, 0.717) is 16.6 Å². The molecule has 0 aliphatic heterocycles. The average Bonchev–Trinajstić information content (AvgIpc) is 2.46. The van der Waals surface area contributed by atoms with Gasteiger partial charge in [-0.25, -0.2) is 0 Å². The van der Waals surface area contributed by atoms with Crippen molar-refractivity contribution in [2.24, 2.45) is 0 Å². The molecule has 1 aromatic carbocycles. The van der Waals surface area contributed by atoms with E-state index >= 15 is 0 Å². The summed E-state index contributed by atoms with van der Waals surface area (Å²) in [7, 11) is -1.74. The first kappa shape index (κ1) is 21.2. The van der Waals surface area contributed by atoms with Gasteiger partial charge in [0.15, 0.2) is 8.32 Å². The smallest absolute Gasteiger partial charge is 0.200 e. The SMILES string of the molecule is CC(C)[Si](OCCCC(Cl)c1ccc(Br)cc1)(C(C)C)C(C)C. The van der Waals surface area contributed by atoms with Gasteiger partial charge in [-0.3, -0.25) is 0 Å². The van der Waals surface area contributed by atoms with Gasteiger partial charge in [-0.2, -0.15) is 0 Å². The van der Waals surface area contributed by atoms with Crippen LogP contribution >= 0.6 is 27.5 Å². The Morgan fingerprint density at radius 2 is 1.43 bits per heavy atom. The van der Waals surface area contributed by atoms with E-state index in [1.807, 2.05) is 0 Å². The van der Waals surface area contributed by atoms with Crippen molar-refractivity contribution in [2.75, 3.05) is 6.61 Å². The summed E-state index contributed by atoms with van der Waals surface area (Å²) in [5.74, 6) is 0. The summed E-state index contributed by atoms with van der Waals surface area (Å²) >= 11 is 10.00. The molecule has 0 aromatic heterocycles. The van der Waals surface area contributed by atoms with E-state index in [-0.39, 0.29) is 5.38 Å². The van der Waals surface area contributed by atoms with Crippen LogP contribution in [0.3, 0.4) is 0 Å². The summed E-state index contributed by atoms with van der Waals surface area (Å²) in [6, 6.07) is 8.29. The number of hydrogen-bond acceptors (Lipinski definition) is 1. The van der Waals surface area contributed by atoms with Gasteiger partial charge >= 0.3 is 0 Å². The Kier molecular flexibility index (Phi) is 8.85. The summed E-state index contributed by atoms with van der Waals surface area (Å²) in [6.45, 7) is 14.8. The van der Waals surface area contributed by atoms with Gasteiger partial charge in [-0.15, -0.1) is 11.6 Å². The van der Waals surface area contributed by atoms with Gasteiger partial charge < -0.3 is 4.43 Å². The lowest BCUT2D eigenvalue weighted by atomic mass is 10.1. The molecular weight excluding hydrogens is 388 g/mol. The first-order valence-electron chi connectivity index (χ1n) is 8.75. The second kappa shape index (κ2) is 9.60. The monoisotopic (exact) mass is 418 g/mol. The predicted molar refractivity (Wildman–Crippen MR) is 109 cm³/mol. The van der Waals surface area contributed by atoms with E-state index in [1.54, 1.807) is 0 Å². The third-order valence-corrected chi connectivity index (χ3v) is 12.0. The molecule has 1 atom stereocenters. The first-order valence-corrected chi connectivity index (χ1v) is 12.1. The van der Waals surface area contributed by atoms with Crippen LogP contribution in [0.1, 0.15) is 65.3 Å². The van der Waals surface area contributed by atoms with Gasteiger partial charge in [0.1, 0.15) is 0 Å². The number of alkyl halides is 1. The number of rotatable bonds is 9. The molecule has 0 bridgehead atoms. The quantitative estimate of drug-likeness (QED) is 0.226. The highest BCUT2D eigenvalue weighted by Crippen LogP contribution is 2.42. The van der Waals surface area contributed by atoms with Crippen LogP contribution < -0.4 is 0 Å². The van der Waals surface area contributed by atoms with E-state index < -0.39 is 8.32 Å². The molecule has 0 aliphatic rings. The second-order valence-corrected chi connectivity index (χ2v) is 14.2. The summed E-state index contributed by atoms with van der Waals surface area (Å²) < 4.78 is 7.68. The number of halogens is 2. The lowest BCUT2D eigenvalue weighted by Gasteiger charge is -2.42. The third-order valence-electron chi connectivity index (χ3n) is 4.89. The Hall–Kier alpha value is 0.167. The molecule has 0 heterocycles. The average molecular weight is 420 g/mol. The Morgan fingerprint density at radius 1 is 0.957 bits per heavy atom. The van der Waals surface area contributed by atoms with Crippen molar-refractivity contribution in [3.8, 4) is 0 Å². The molecule has 0 fully saturated rings. The molecule has 0 spiro atoms. The molecule has 1 nitrogen and oxygen atoms in total. The van der Waals surface area contributed by atoms with Gasteiger partial charge in [0, 0.05) is 11.1 Å². The zero-order valence-electron chi connectivity index (χ0n) is 15.4. The Bertz CT molecular complexity index is 437. The first-order chi connectivity index (χ1) is 10.7. The molecule has 23 heavy (non-hydrogen) atoms. The zero-order chi connectivity index (χ0) is 17.6. The highest BCUT2D eigenvalue weighted by atomic mass is 79.9. The van der Waals surface area contributed by atoms with Crippen molar-refractivity contribution in [3.05, 3.63) is 34.3 Å². The van der Waals surface area contributed by atoms with E-state index in [1.165, 1.54) is 5.56 Å². The fourth-order valence-corrected chi connectivity index (χ4v) is 9.91. The maximum absolute atomic E-state index is 6.59. The highest BCUT2D eigenvalue weighted by molar-refractivity contribution is 9.10. The van der Waals surface area contributed by atoms with Crippen molar-refractivity contribution >= 4 is 35.8 Å². The Morgan fingerprint density at radius 3 is 1.87 bits per heavy atom. The lowest BCUT2D eigenvalue weighted by molar-refractivity contribution is 0.269. The van der Waals surface area contributed by atoms with Crippen molar-refractivity contribution in [1.82, 2.24) is 0 Å². The molecule has 0 amide bonds. The second-order valence-electron chi connectivity index (χ2n) is 7.33. The highest BCUT2D eigenvalue weighted by Gasteiger charge is 2.44. The van der Waals surface area contributed by atoms with Crippen molar-refractivity contribution in [2.45, 2.75) is 76.4 Å². The number of benzene rings is 1.